The summed E-state index contributed by atoms with van der Waals surface area (Å²) in [6.07, 6.45) is 4.99. The molecule has 5 aromatic rings. The van der Waals surface area contributed by atoms with Gasteiger partial charge in [-0.15, -0.1) is 9.19 Å². The maximum atomic E-state index is 13.3. The van der Waals surface area contributed by atoms with Gasteiger partial charge in [-0.25, -0.2) is 22.7 Å². The molecule has 0 spiro atoms. The molecule has 47 heavy (non-hydrogen) atoms. The van der Waals surface area contributed by atoms with Crippen molar-refractivity contribution in [1.29, 1.82) is 0 Å². The van der Waals surface area contributed by atoms with E-state index in [1.807, 2.05) is 6.07 Å². The van der Waals surface area contributed by atoms with Gasteiger partial charge in [-0.1, -0.05) is 30.3 Å². The summed E-state index contributed by atoms with van der Waals surface area (Å²) in [6.45, 7) is 2.04. The lowest BCUT2D eigenvalue weighted by atomic mass is 10.1. The Balaban J connectivity index is 1.16. The Morgan fingerprint density at radius 3 is 2.43 bits per heavy atom. The van der Waals surface area contributed by atoms with Crippen LogP contribution in [-0.2, 0) is 31.4 Å². The molecule has 0 aliphatic carbocycles. The first-order valence-corrected chi connectivity index (χ1v) is 17.9. The number of rotatable bonds is 9. The van der Waals surface area contributed by atoms with Crippen LogP contribution in [0.15, 0.2) is 82.9 Å². The van der Waals surface area contributed by atoms with Crippen LogP contribution in [0.25, 0.3) is 22.4 Å². The third-order valence-corrected chi connectivity index (χ3v) is 10.6. The predicted octanol–water partition coefficient (Wildman–Crippen LogP) is 2.07. The minimum Gasteiger partial charge on any atom is -0.351 e. The zero-order valence-electron chi connectivity index (χ0n) is 25.4. The molecule has 2 N–H and O–H groups in total. The molecule has 1 aliphatic rings. The largest absolute Gasteiger partial charge is 0.351 e. The van der Waals surface area contributed by atoms with Gasteiger partial charge in [0.15, 0.2) is 5.82 Å². The van der Waals surface area contributed by atoms with Gasteiger partial charge in [0.25, 0.3) is 15.6 Å². The Morgan fingerprint density at radius 1 is 0.979 bits per heavy atom. The molecule has 17 heteroatoms. The molecule has 2 aromatic carbocycles. The molecule has 1 saturated heterocycles. The summed E-state index contributed by atoms with van der Waals surface area (Å²) in [5.74, 6) is -0.00380. The number of sulfonamides is 1. The number of aryl methyl sites for hydroxylation is 1. The van der Waals surface area contributed by atoms with Gasteiger partial charge < -0.3 is 10.6 Å². The molecule has 6 rings (SSSR count). The van der Waals surface area contributed by atoms with Crippen molar-refractivity contribution in [3.8, 4) is 11.4 Å². The van der Waals surface area contributed by atoms with Crippen molar-refractivity contribution in [3.05, 3.63) is 89.1 Å². The zero-order chi connectivity index (χ0) is 33.3. The van der Waals surface area contributed by atoms with Gasteiger partial charge in [0, 0.05) is 48.0 Å². The first kappa shape index (κ1) is 32.0. The Hall–Kier alpha value is -5.00. The summed E-state index contributed by atoms with van der Waals surface area (Å²) in [6, 6.07) is 16.1. The Bertz CT molecular complexity index is 2250. The van der Waals surface area contributed by atoms with E-state index >= 15 is 0 Å². The number of fused-ring (bicyclic) bond motifs is 1. The number of carbonyl (C=O) groups excluding carboxylic acids is 1. The van der Waals surface area contributed by atoms with Crippen LogP contribution in [-0.4, -0.2) is 81.1 Å². The summed E-state index contributed by atoms with van der Waals surface area (Å²) < 4.78 is 53.6. The van der Waals surface area contributed by atoms with Crippen LogP contribution in [0.4, 0.5) is 11.6 Å². The van der Waals surface area contributed by atoms with Crippen LogP contribution in [0.1, 0.15) is 18.4 Å². The second kappa shape index (κ2) is 12.7. The third kappa shape index (κ3) is 6.91. The minimum absolute atomic E-state index is 0.0403. The van der Waals surface area contributed by atoms with Crippen molar-refractivity contribution in [2.24, 2.45) is 0 Å². The molecular formula is C30H31N9O6S2. The van der Waals surface area contributed by atoms with Gasteiger partial charge in [-0.05, 0) is 49.6 Å². The first-order chi connectivity index (χ1) is 22.4. The molecular weight excluding hydrogens is 647 g/mol. The molecule has 244 valence electrons. The molecule has 15 nitrogen and oxygen atoms in total. The SMILES string of the molecule is Cc1cc(S(=O)(=O)n2cnc(-c3ccccc3)n2)ccc1NC(=O)Cn1c(=O)ccc2cnc(NC3CCN(S(C)(=O)=O)CC3)nc21. The van der Waals surface area contributed by atoms with Gasteiger partial charge in [0.05, 0.1) is 11.2 Å². The van der Waals surface area contributed by atoms with E-state index in [1.54, 1.807) is 43.5 Å². The first-order valence-electron chi connectivity index (χ1n) is 14.6. The van der Waals surface area contributed by atoms with E-state index in [-0.39, 0.29) is 34.9 Å². The highest BCUT2D eigenvalue weighted by atomic mass is 32.2. The number of benzene rings is 2. The maximum Gasteiger partial charge on any atom is 0.284 e. The van der Waals surface area contributed by atoms with Crippen LogP contribution < -0.4 is 16.2 Å². The fourth-order valence-electron chi connectivity index (χ4n) is 5.27. The number of anilines is 2. The maximum absolute atomic E-state index is 13.3. The highest BCUT2D eigenvalue weighted by Gasteiger charge is 2.26. The molecule has 0 unspecified atom stereocenters. The van der Waals surface area contributed by atoms with Crippen molar-refractivity contribution in [3.63, 3.8) is 0 Å². The summed E-state index contributed by atoms with van der Waals surface area (Å²) in [5, 5.41) is 10.6. The fraction of sp³-hybridized carbons (Fsp3) is 0.267. The van der Waals surface area contributed by atoms with Gasteiger partial charge in [-0.3, -0.25) is 14.2 Å². The summed E-state index contributed by atoms with van der Waals surface area (Å²) in [4.78, 5) is 39.0. The normalized spacial score (nSPS) is 14.7. The highest BCUT2D eigenvalue weighted by molar-refractivity contribution is 7.89. The summed E-state index contributed by atoms with van der Waals surface area (Å²) in [7, 11) is -7.32. The lowest BCUT2D eigenvalue weighted by Crippen LogP contribution is -2.42. The van der Waals surface area contributed by atoms with Gasteiger partial charge in [0.1, 0.15) is 18.5 Å². The van der Waals surface area contributed by atoms with Crippen molar-refractivity contribution >= 4 is 48.6 Å². The zero-order valence-corrected chi connectivity index (χ0v) is 27.1. The number of aromatic nitrogens is 6. The fourth-order valence-corrected chi connectivity index (χ4v) is 7.28. The average molecular weight is 678 g/mol. The lowest BCUT2D eigenvalue weighted by molar-refractivity contribution is -0.116. The molecule has 0 saturated carbocycles. The van der Waals surface area contributed by atoms with Crippen molar-refractivity contribution in [1.82, 2.24) is 33.0 Å². The Labute approximate surface area is 270 Å². The number of carbonyl (C=O) groups is 1. The average Bonchev–Trinajstić information content (AvgIpc) is 3.55. The molecule has 0 bridgehead atoms. The number of piperidine rings is 1. The van der Waals surface area contributed by atoms with Crippen molar-refractivity contribution < 1.29 is 21.6 Å². The van der Waals surface area contributed by atoms with Crippen LogP contribution in [0.3, 0.4) is 0 Å². The number of amides is 1. The second-order valence-electron chi connectivity index (χ2n) is 11.1. The van der Waals surface area contributed by atoms with Crippen molar-refractivity contribution in [2.75, 3.05) is 30.0 Å². The topological polar surface area (TPSA) is 191 Å². The van der Waals surface area contributed by atoms with Crippen LogP contribution >= 0.6 is 0 Å². The number of hydrogen-bond acceptors (Lipinski definition) is 11. The highest BCUT2D eigenvalue weighted by Crippen LogP contribution is 2.23. The predicted molar refractivity (Wildman–Crippen MR) is 175 cm³/mol. The van der Waals surface area contributed by atoms with E-state index in [4.69, 9.17) is 0 Å². The molecule has 1 aliphatic heterocycles. The number of nitrogens with zero attached hydrogens (tertiary/aromatic N) is 7. The van der Waals surface area contributed by atoms with Gasteiger partial charge in [-0.2, -0.15) is 13.4 Å². The standard InChI is InChI=1S/C30H31N9O6S2/c1-20-16-24(47(44,45)39-19-32-28(36-39)21-6-4-3-5-7-21)9-10-25(20)34-26(40)18-38-27(41)11-8-22-17-31-30(35-29(22)38)33-23-12-14-37(15-13-23)46(2,42)43/h3-11,16-17,19,23H,12-15,18H2,1-2H3,(H,34,40)(H,31,33,35). The third-order valence-electron chi connectivity index (χ3n) is 7.80. The van der Waals surface area contributed by atoms with Crippen LogP contribution in [0, 0.1) is 6.92 Å². The Kier molecular flexibility index (Phi) is 8.61. The molecule has 1 amide bonds. The minimum atomic E-state index is -4.06. The molecule has 0 radical (unpaired) electrons. The summed E-state index contributed by atoms with van der Waals surface area (Å²) in [5.41, 5.74) is 1.32. The Morgan fingerprint density at radius 2 is 1.72 bits per heavy atom. The van der Waals surface area contributed by atoms with E-state index in [2.05, 4.69) is 30.7 Å². The van der Waals surface area contributed by atoms with Crippen LogP contribution in [0.2, 0.25) is 0 Å². The monoisotopic (exact) mass is 677 g/mol. The van der Waals surface area contributed by atoms with E-state index in [0.29, 0.717) is 48.1 Å². The molecule has 4 heterocycles. The van der Waals surface area contributed by atoms with Gasteiger partial charge in [0.2, 0.25) is 21.9 Å². The second-order valence-corrected chi connectivity index (χ2v) is 14.9. The lowest BCUT2D eigenvalue weighted by Gasteiger charge is -2.30. The van der Waals surface area contributed by atoms with E-state index in [1.165, 1.54) is 39.4 Å². The smallest absolute Gasteiger partial charge is 0.284 e. The summed E-state index contributed by atoms with van der Waals surface area (Å²) >= 11 is 0. The molecule has 3 aromatic heterocycles. The van der Waals surface area contributed by atoms with Crippen LogP contribution in [0.5, 0.6) is 0 Å². The van der Waals surface area contributed by atoms with Gasteiger partial charge >= 0.3 is 0 Å². The molecule has 0 atom stereocenters. The van der Waals surface area contributed by atoms with E-state index in [0.717, 1.165) is 10.4 Å². The number of nitrogens with one attached hydrogen (secondary N) is 2. The van der Waals surface area contributed by atoms with Crippen molar-refractivity contribution in [2.45, 2.75) is 37.2 Å². The van der Waals surface area contributed by atoms with E-state index < -0.39 is 31.5 Å². The number of hydrogen-bond donors (Lipinski definition) is 2. The molecule has 1 fully saturated rings. The van der Waals surface area contributed by atoms with E-state index in [9.17, 15) is 26.4 Å². The quantitative estimate of drug-likeness (QED) is 0.232. The number of pyridine rings is 1.